The molecule has 1 aromatic heterocycles. The van der Waals surface area contributed by atoms with E-state index in [0.29, 0.717) is 32.8 Å². The number of hydrogen-bond donors (Lipinski definition) is 2. The molecule has 0 aliphatic heterocycles. The molecule has 0 aliphatic rings. The number of nitrogens with one attached hydrogen (secondary N) is 1. The Bertz CT molecular complexity index is 790. The first-order chi connectivity index (χ1) is 11.8. The molecule has 0 aliphatic carbocycles. The number of Topliss-reactive ketones (excluding diaryl/α,β-unsaturated/α-hetero) is 1. The summed E-state index contributed by atoms with van der Waals surface area (Å²) in [7, 11) is 2.99. The summed E-state index contributed by atoms with van der Waals surface area (Å²) in [6.07, 6.45) is 0.0217. The van der Waals surface area contributed by atoms with Crippen molar-refractivity contribution in [2.45, 2.75) is 26.3 Å². The van der Waals surface area contributed by atoms with Gasteiger partial charge in [0.1, 0.15) is 5.01 Å². The predicted octanol–water partition coefficient (Wildman–Crippen LogP) is 1.76. The van der Waals surface area contributed by atoms with E-state index in [9.17, 15) is 9.59 Å². The molecule has 1 atom stereocenters. The van der Waals surface area contributed by atoms with E-state index in [-0.39, 0.29) is 24.2 Å². The molecule has 25 heavy (non-hydrogen) atoms. The highest BCUT2D eigenvalue weighted by Gasteiger charge is 2.19. The molecular formula is C16H20N4O4S. The lowest BCUT2D eigenvalue weighted by molar-refractivity contribution is -0.121. The molecule has 1 heterocycles. The van der Waals surface area contributed by atoms with E-state index < -0.39 is 0 Å². The SMILES string of the molecule is COc1cc(CC(=O)N[C@@H](C)c2nnc(N)s2)c(C(C)=O)cc1OC. The normalized spacial score (nSPS) is 11.7. The summed E-state index contributed by atoms with van der Waals surface area (Å²) >= 11 is 1.21. The second-order valence-electron chi connectivity index (χ2n) is 5.37. The zero-order chi connectivity index (χ0) is 18.6. The summed E-state index contributed by atoms with van der Waals surface area (Å²) in [5.74, 6) is 0.486. The minimum atomic E-state index is -0.330. The zero-order valence-electron chi connectivity index (χ0n) is 14.5. The van der Waals surface area contributed by atoms with Crippen LogP contribution in [0.5, 0.6) is 11.5 Å². The van der Waals surface area contributed by atoms with Gasteiger partial charge in [-0.25, -0.2) is 0 Å². The Hall–Kier alpha value is -2.68. The van der Waals surface area contributed by atoms with Gasteiger partial charge in [-0.2, -0.15) is 0 Å². The lowest BCUT2D eigenvalue weighted by atomic mass is 10.00. The smallest absolute Gasteiger partial charge is 0.225 e. The van der Waals surface area contributed by atoms with Crippen molar-refractivity contribution in [3.8, 4) is 11.5 Å². The molecular weight excluding hydrogens is 344 g/mol. The van der Waals surface area contributed by atoms with Gasteiger partial charge >= 0.3 is 0 Å². The van der Waals surface area contributed by atoms with Crippen LogP contribution >= 0.6 is 11.3 Å². The first-order valence-electron chi connectivity index (χ1n) is 7.49. The number of ketones is 1. The Labute approximate surface area is 149 Å². The van der Waals surface area contributed by atoms with Gasteiger partial charge < -0.3 is 20.5 Å². The van der Waals surface area contributed by atoms with Gasteiger partial charge in [-0.3, -0.25) is 9.59 Å². The fourth-order valence-electron chi connectivity index (χ4n) is 2.34. The fourth-order valence-corrected chi connectivity index (χ4v) is 2.96. The molecule has 0 saturated heterocycles. The summed E-state index contributed by atoms with van der Waals surface area (Å²) in [6.45, 7) is 3.23. The van der Waals surface area contributed by atoms with Gasteiger partial charge in [0.2, 0.25) is 11.0 Å². The highest BCUT2D eigenvalue weighted by molar-refractivity contribution is 7.15. The fraction of sp³-hybridized carbons (Fsp3) is 0.375. The van der Waals surface area contributed by atoms with Crippen molar-refractivity contribution in [1.29, 1.82) is 0 Å². The van der Waals surface area contributed by atoms with E-state index in [2.05, 4.69) is 15.5 Å². The Kier molecular flexibility index (Phi) is 5.92. The van der Waals surface area contributed by atoms with Crippen molar-refractivity contribution in [2.24, 2.45) is 0 Å². The van der Waals surface area contributed by atoms with Crippen LogP contribution in [0.15, 0.2) is 12.1 Å². The van der Waals surface area contributed by atoms with Crippen LogP contribution in [0.3, 0.4) is 0 Å². The highest BCUT2D eigenvalue weighted by atomic mass is 32.1. The standard InChI is InChI=1S/C16H20N4O4S/c1-8(15-19-20-16(17)25-15)18-14(22)6-10-5-12(23-3)13(24-4)7-11(10)9(2)21/h5,7-8H,6H2,1-4H3,(H2,17,20)(H,18,22)/t8-/m0/s1. The molecule has 134 valence electrons. The largest absolute Gasteiger partial charge is 0.493 e. The van der Waals surface area contributed by atoms with Crippen LogP contribution in [0.4, 0.5) is 5.13 Å². The number of aromatic nitrogens is 2. The second-order valence-corrected chi connectivity index (χ2v) is 6.41. The van der Waals surface area contributed by atoms with Crippen LogP contribution < -0.4 is 20.5 Å². The number of nitrogen functional groups attached to an aromatic ring is 1. The number of amides is 1. The topological polar surface area (TPSA) is 116 Å². The van der Waals surface area contributed by atoms with Crippen LogP contribution in [0, 0.1) is 0 Å². The summed E-state index contributed by atoms with van der Waals surface area (Å²) in [5.41, 5.74) is 6.53. The molecule has 9 heteroatoms. The number of methoxy groups -OCH3 is 2. The number of nitrogens with zero attached hydrogens (tertiary/aromatic N) is 2. The molecule has 0 radical (unpaired) electrons. The number of ether oxygens (including phenoxy) is 2. The van der Waals surface area contributed by atoms with Gasteiger partial charge in [0.15, 0.2) is 17.3 Å². The number of benzene rings is 1. The molecule has 1 amide bonds. The maximum atomic E-state index is 12.4. The third-order valence-corrected chi connectivity index (χ3v) is 4.48. The van der Waals surface area contributed by atoms with E-state index in [1.165, 1.54) is 32.5 Å². The molecule has 0 saturated carbocycles. The summed E-state index contributed by atoms with van der Waals surface area (Å²) < 4.78 is 10.5. The van der Waals surface area contributed by atoms with E-state index in [1.807, 2.05) is 0 Å². The molecule has 0 spiro atoms. The van der Waals surface area contributed by atoms with Gasteiger partial charge in [0.05, 0.1) is 26.7 Å². The van der Waals surface area contributed by atoms with E-state index in [1.54, 1.807) is 19.1 Å². The molecule has 2 rings (SSSR count). The van der Waals surface area contributed by atoms with Crippen LogP contribution in [-0.2, 0) is 11.2 Å². The van der Waals surface area contributed by atoms with E-state index in [0.717, 1.165) is 0 Å². The van der Waals surface area contributed by atoms with Gasteiger partial charge in [0, 0.05) is 5.56 Å². The third kappa shape index (κ3) is 4.44. The first-order valence-corrected chi connectivity index (χ1v) is 8.31. The average molecular weight is 364 g/mol. The van der Waals surface area contributed by atoms with Crippen LogP contribution in [0.2, 0.25) is 0 Å². The van der Waals surface area contributed by atoms with Crippen LogP contribution in [0.1, 0.15) is 40.8 Å². The van der Waals surface area contributed by atoms with Gasteiger partial charge in [-0.1, -0.05) is 11.3 Å². The monoisotopic (exact) mass is 364 g/mol. The molecule has 0 fully saturated rings. The van der Waals surface area contributed by atoms with Gasteiger partial charge in [0.25, 0.3) is 0 Å². The minimum Gasteiger partial charge on any atom is -0.493 e. The van der Waals surface area contributed by atoms with Crippen molar-refractivity contribution in [2.75, 3.05) is 20.0 Å². The molecule has 8 nitrogen and oxygen atoms in total. The summed E-state index contributed by atoms with van der Waals surface area (Å²) in [5, 5.41) is 11.4. The predicted molar refractivity (Wildman–Crippen MR) is 94.1 cm³/mol. The van der Waals surface area contributed by atoms with Gasteiger partial charge in [-0.05, 0) is 31.5 Å². The number of rotatable bonds is 7. The Morgan fingerprint density at radius 3 is 2.40 bits per heavy atom. The first kappa shape index (κ1) is 18.7. The Morgan fingerprint density at radius 2 is 1.88 bits per heavy atom. The molecule has 2 aromatic rings. The van der Waals surface area contributed by atoms with Crippen molar-refractivity contribution < 1.29 is 19.1 Å². The molecule has 3 N–H and O–H groups in total. The lowest BCUT2D eigenvalue weighted by Gasteiger charge is -2.15. The maximum Gasteiger partial charge on any atom is 0.225 e. The quantitative estimate of drug-likeness (QED) is 0.719. The van der Waals surface area contributed by atoms with Crippen molar-refractivity contribution >= 4 is 28.2 Å². The van der Waals surface area contributed by atoms with Crippen molar-refractivity contribution in [3.05, 3.63) is 28.3 Å². The molecule has 0 bridgehead atoms. The third-order valence-electron chi connectivity index (χ3n) is 3.54. The number of anilines is 1. The van der Waals surface area contributed by atoms with Crippen LogP contribution in [0.25, 0.3) is 0 Å². The maximum absolute atomic E-state index is 12.4. The number of nitrogens with two attached hydrogens (primary N) is 1. The van der Waals surface area contributed by atoms with E-state index in [4.69, 9.17) is 15.2 Å². The number of carbonyl (C=O) groups is 2. The second kappa shape index (κ2) is 7.93. The number of hydrogen-bond acceptors (Lipinski definition) is 8. The van der Waals surface area contributed by atoms with Crippen molar-refractivity contribution in [1.82, 2.24) is 15.5 Å². The Morgan fingerprint density at radius 1 is 1.24 bits per heavy atom. The van der Waals surface area contributed by atoms with E-state index >= 15 is 0 Å². The highest BCUT2D eigenvalue weighted by Crippen LogP contribution is 2.31. The zero-order valence-corrected chi connectivity index (χ0v) is 15.3. The summed E-state index contributed by atoms with van der Waals surface area (Å²) in [6, 6.07) is 2.89. The van der Waals surface area contributed by atoms with Crippen molar-refractivity contribution in [3.63, 3.8) is 0 Å². The van der Waals surface area contributed by atoms with Crippen LogP contribution in [-0.4, -0.2) is 36.1 Å². The minimum absolute atomic E-state index is 0.0217. The Balaban J connectivity index is 2.20. The number of carbonyl (C=O) groups excluding carboxylic acids is 2. The molecule has 0 unspecified atom stereocenters. The summed E-state index contributed by atoms with van der Waals surface area (Å²) in [4.78, 5) is 24.3. The average Bonchev–Trinajstić information content (AvgIpc) is 3.00. The lowest BCUT2D eigenvalue weighted by Crippen LogP contribution is -2.28. The van der Waals surface area contributed by atoms with Gasteiger partial charge in [-0.15, -0.1) is 10.2 Å². The molecule has 1 aromatic carbocycles.